The summed E-state index contributed by atoms with van der Waals surface area (Å²) in [6.07, 6.45) is 1.92. The van der Waals surface area contributed by atoms with Gasteiger partial charge in [-0.15, -0.1) is 0 Å². The second kappa shape index (κ2) is 5.80. The molecular weight excluding hydrogens is 265 g/mol. The first-order valence-electron chi connectivity index (χ1n) is 7.45. The molecule has 22 heavy (non-hydrogen) atoms. The fraction of sp³-hybridized carbons (Fsp3) is 0.150. The van der Waals surface area contributed by atoms with Crippen LogP contribution < -0.4 is 0 Å². The number of rotatable bonds is 3. The van der Waals surface area contributed by atoms with Crippen molar-refractivity contribution in [3.63, 3.8) is 0 Å². The maximum absolute atomic E-state index is 6.12. The van der Waals surface area contributed by atoms with Crippen molar-refractivity contribution in [2.45, 2.75) is 19.2 Å². The average Bonchev–Trinajstić information content (AvgIpc) is 2.55. The van der Waals surface area contributed by atoms with E-state index in [1.807, 2.05) is 38.2 Å². The molecule has 0 saturated carbocycles. The minimum atomic E-state index is -0.312. The van der Waals surface area contributed by atoms with E-state index in [0.717, 1.165) is 27.9 Å². The van der Waals surface area contributed by atoms with Crippen LogP contribution in [0.1, 0.15) is 19.4 Å². The van der Waals surface area contributed by atoms with E-state index in [1.165, 1.54) is 0 Å². The Bertz CT molecular complexity index is 738. The van der Waals surface area contributed by atoms with Gasteiger partial charge < -0.3 is 0 Å². The Morgan fingerprint density at radius 3 is 1.91 bits per heavy atom. The van der Waals surface area contributed by atoms with Gasteiger partial charge in [-0.2, -0.15) is 0 Å². The molecule has 2 aromatic carbocycles. The zero-order valence-electron chi connectivity index (χ0n) is 13.0. The SMILES string of the molecule is [B]C(C)(C)c1ccc(-c2ccc(-c3ccccc3)nc2)cc1. The first kappa shape index (κ1) is 14.6. The van der Waals surface area contributed by atoms with Gasteiger partial charge in [-0.25, -0.2) is 0 Å². The maximum atomic E-state index is 6.12. The molecule has 0 bridgehead atoms. The van der Waals surface area contributed by atoms with E-state index < -0.39 is 0 Å². The van der Waals surface area contributed by atoms with Gasteiger partial charge in [0.05, 0.1) is 13.5 Å². The molecule has 3 rings (SSSR count). The van der Waals surface area contributed by atoms with Crippen LogP contribution in [0.5, 0.6) is 0 Å². The molecule has 106 valence electrons. The molecule has 0 amide bonds. The maximum Gasteiger partial charge on any atom is 0.0802 e. The third kappa shape index (κ3) is 3.11. The van der Waals surface area contributed by atoms with Crippen LogP contribution in [-0.4, -0.2) is 12.8 Å². The molecule has 0 N–H and O–H groups in total. The molecular formula is C20H18BN. The molecule has 0 atom stereocenters. The number of benzene rings is 2. The second-order valence-electron chi connectivity index (χ2n) is 6.10. The fourth-order valence-corrected chi connectivity index (χ4v) is 2.44. The lowest BCUT2D eigenvalue weighted by Gasteiger charge is -2.19. The van der Waals surface area contributed by atoms with Crippen LogP contribution in [-0.2, 0) is 5.31 Å². The molecule has 1 heterocycles. The lowest BCUT2D eigenvalue weighted by molar-refractivity contribution is 0.764. The second-order valence-corrected chi connectivity index (χ2v) is 6.10. The third-order valence-corrected chi connectivity index (χ3v) is 3.80. The summed E-state index contributed by atoms with van der Waals surface area (Å²) in [5.74, 6) is 0. The van der Waals surface area contributed by atoms with Gasteiger partial charge in [-0.1, -0.05) is 80.1 Å². The molecule has 0 fully saturated rings. The molecule has 0 spiro atoms. The Morgan fingerprint density at radius 1 is 0.727 bits per heavy atom. The Balaban J connectivity index is 1.87. The summed E-state index contributed by atoms with van der Waals surface area (Å²) >= 11 is 0. The fourth-order valence-electron chi connectivity index (χ4n) is 2.44. The average molecular weight is 283 g/mol. The van der Waals surface area contributed by atoms with E-state index in [2.05, 4.69) is 53.5 Å². The lowest BCUT2D eigenvalue weighted by Crippen LogP contribution is -2.16. The normalized spacial score (nSPS) is 11.4. The van der Waals surface area contributed by atoms with Crippen molar-refractivity contribution in [2.75, 3.05) is 0 Å². The van der Waals surface area contributed by atoms with Crippen molar-refractivity contribution < 1.29 is 0 Å². The molecule has 0 unspecified atom stereocenters. The summed E-state index contributed by atoms with van der Waals surface area (Å²) in [7, 11) is 6.12. The van der Waals surface area contributed by atoms with Gasteiger partial charge >= 0.3 is 0 Å². The van der Waals surface area contributed by atoms with E-state index in [-0.39, 0.29) is 5.31 Å². The van der Waals surface area contributed by atoms with Crippen LogP contribution in [0, 0.1) is 0 Å². The monoisotopic (exact) mass is 283 g/mol. The Kier molecular flexibility index (Phi) is 3.85. The first-order valence-corrected chi connectivity index (χ1v) is 7.45. The molecule has 0 aliphatic carbocycles. The van der Waals surface area contributed by atoms with Gasteiger partial charge in [0.15, 0.2) is 0 Å². The highest BCUT2D eigenvalue weighted by molar-refractivity contribution is 6.15. The molecule has 2 heteroatoms. The van der Waals surface area contributed by atoms with E-state index in [4.69, 9.17) is 7.85 Å². The molecule has 0 aliphatic rings. The quantitative estimate of drug-likeness (QED) is 0.628. The van der Waals surface area contributed by atoms with Gasteiger partial charge in [0.1, 0.15) is 0 Å². The van der Waals surface area contributed by atoms with Crippen LogP contribution in [0.3, 0.4) is 0 Å². The molecule has 1 nitrogen and oxygen atoms in total. The minimum Gasteiger partial charge on any atom is -0.256 e. The number of hydrogen-bond acceptors (Lipinski definition) is 1. The van der Waals surface area contributed by atoms with E-state index in [1.54, 1.807) is 0 Å². The van der Waals surface area contributed by atoms with Crippen LogP contribution in [0.15, 0.2) is 72.9 Å². The Hall–Kier alpha value is -2.35. The lowest BCUT2D eigenvalue weighted by atomic mass is 9.67. The van der Waals surface area contributed by atoms with Crippen LogP contribution in [0.2, 0.25) is 0 Å². The van der Waals surface area contributed by atoms with E-state index in [9.17, 15) is 0 Å². The number of nitrogens with zero attached hydrogens (tertiary/aromatic N) is 1. The largest absolute Gasteiger partial charge is 0.256 e. The standard InChI is InChI=1S/C20H18BN/c1-20(2,21)18-11-8-15(9-12-18)17-10-13-19(22-14-17)16-6-4-3-5-7-16/h3-14H,1-2H3. The zero-order valence-corrected chi connectivity index (χ0v) is 13.0. The van der Waals surface area contributed by atoms with Crippen molar-refractivity contribution in [1.29, 1.82) is 0 Å². The Morgan fingerprint density at radius 2 is 1.36 bits per heavy atom. The highest BCUT2D eigenvalue weighted by atomic mass is 14.7. The van der Waals surface area contributed by atoms with Gasteiger partial charge in [0.2, 0.25) is 0 Å². The van der Waals surface area contributed by atoms with Gasteiger partial charge in [0, 0.05) is 17.3 Å². The van der Waals surface area contributed by atoms with E-state index >= 15 is 0 Å². The van der Waals surface area contributed by atoms with Gasteiger partial charge in [0.25, 0.3) is 0 Å². The van der Waals surface area contributed by atoms with E-state index in [0.29, 0.717) is 0 Å². The predicted octanol–water partition coefficient (Wildman–Crippen LogP) is 4.82. The predicted molar refractivity (Wildman–Crippen MR) is 93.9 cm³/mol. The minimum absolute atomic E-state index is 0.312. The van der Waals surface area contributed by atoms with Crippen molar-refractivity contribution in [3.05, 3.63) is 78.5 Å². The van der Waals surface area contributed by atoms with Crippen molar-refractivity contribution in [1.82, 2.24) is 4.98 Å². The van der Waals surface area contributed by atoms with Crippen LogP contribution in [0.25, 0.3) is 22.4 Å². The first-order chi connectivity index (χ1) is 10.5. The number of pyridine rings is 1. The molecule has 1 aromatic heterocycles. The smallest absolute Gasteiger partial charge is 0.0802 e. The van der Waals surface area contributed by atoms with Crippen molar-refractivity contribution in [3.8, 4) is 22.4 Å². The topological polar surface area (TPSA) is 12.9 Å². The Labute approximate surface area is 133 Å². The molecule has 2 radical (unpaired) electrons. The molecule has 0 saturated heterocycles. The van der Waals surface area contributed by atoms with Crippen molar-refractivity contribution >= 4 is 7.85 Å². The zero-order chi connectivity index (χ0) is 15.6. The summed E-state index contributed by atoms with van der Waals surface area (Å²) in [6.45, 7) is 4.02. The molecule has 0 aliphatic heterocycles. The van der Waals surface area contributed by atoms with Crippen LogP contribution in [0.4, 0.5) is 0 Å². The summed E-state index contributed by atoms with van der Waals surface area (Å²) in [5.41, 5.74) is 5.52. The summed E-state index contributed by atoms with van der Waals surface area (Å²) < 4.78 is 0. The van der Waals surface area contributed by atoms with Crippen LogP contribution >= 0.6 is 0 Å². The highest BCUT2D eigenvalue weighted by Crippen LogP contribution is 2.25. The summed E-state index contributed by atoms with van der Waals surface area (Å²) in [4.78, 5) is 4.57. The third-order valence-electron chi connectivity index (χ3n) is 3.80. The highest BCUT2D eigenvalue weighted by Gasteiger charge is 2.12. The summed E-state index contributed by atoms with van der Waals surface area (Å²) in [6, 6.07) is 22.7. The van der Waals surface area contributed by atoms with Gasteiger partial charge in [-0.3, -0.25) is 4.98 Å². The van der Waals surface area contributed by atoms with Gasteiger partial charge in [-0.05, 0) is 16.9 Å². The number of aromatic nitrogens is 1. The summed E-state index contributed by atoms with van der Waals surface area (Å²) in [5, 5.41) is -0.312. The van der Waals surface area contributed by atoms with Crippen molar-refractivity contribution in [2.24, 2.45) is 0 Å². The number of hydrogen-bond donors (Lipinski definition) is 0. The molecule has 3 aromatic rings.